The van der Waals surface area contributed by atoms with Crippen LogP contribution in [0.2, 0.25) is 0 Å². The summed E-state index contributed by atoms with van der Waals surface area (Å²) in [6.45, 7) is 3.19. The Hall–Kier alpha value is -2.50. The number of benzene rings is 1. The number of rotatable bonds is 3. The van der Waals surface area contributed by atoms with E-state index in [1.54, 1.807) is 13.8 Å². The van der Waals surface area contributed by atoms with E-state index in [1.165, 1.54) is 12.1 Å². The number of carbonyl (C=O) groups excluding carboxylic acids is 1. The molecule has 0 bridgehead atoms. The first kappa shape index (κ1) is 12.9. The first-order chi connectivity index (χ1) is 8.91. The zero-order chi connectivity index (χ0) is 14.2. The minimum Gasteiger partial charge on any atom is -0.477 e. The molecule has 98 valence electrons. The molecule has 2 rings (SSSR count). The van der Waals surface area contributed by atoms with Crippen LogP contribution in [0.25, 0.3) is 0 Å². The van der Waals surface area contributed by atoms with Gasteiger partial charge in [0.1, 0.15) is 11.5 Å². The number of aromatic carboxylic acids is 1. The lowest BCUT2D eigenvalue weighted by Gasteiger charge is -2.08. The average Bonchev–Trinajstić information content (AvgIpc) is 2.75. The Labute approximate surface area is 108 Å². The smallest absolute Gasteiger partial charge is 0.354 e. The number of hydrogen-bond acceptors (Lipinski definition) is 3. The van der Waals surface area contributed by atoms with Crippen molar-refractivity contribution in [3.05, 3.63) is 52.4 Å². The third-order valence-corrected chi connectivity index (χ3v) is 2.79. The molecule has 0 spiro atoms. The van der Waals surface area contributed by atoms with E-state index >= 15 is 0 Å². The number of nitrogens with one attached hydrogen (secondary N) is 1. The molecule has 0 atom stereocenters. The second-order valence-electron chi connectivity index (χ2n) is 4.18. The summed E-state index contributed by atoms with van der Waals surface area (Å²) >= 11 is 0. The summed E-state index contributed by atoms with van der Waals surface area (Å²) in [6, 6.07) is 2.46. The van der Waals surface area contributed by atoms with Crippen molar-refractivity contribution in [1.82, 2.24) is 9.97 Å². The Morgan fingerprint density at radius 1 is 1.26 bits per heavy atom. The second kappa shape index (κ2) is 4.64. The van der Waals surface area contributed by atoms with Crippen LogP contribution in [-0.4, -0.2) is 26.8 Å². The predicted octanol–water partition coefficient (Wildman–Crippen LogP) is 2.09. The minimum absolute atomic E-state index is 0.176. The highest BCUT2D eigenvalue weighted by molar-refractivity contribution is 6.13. The minimum atomic E-state index is -1.27. The van der Waals surface area contributed by atoms with Crippen molar-refractivity contribution >= 4 is 11.8 Å². The molecular weight excluding hydrogens is 251 g/mol. The molecule has 0 aliphatic rings. The Morgan fingerprint density at radius 3 is 2.37 bits per heavy atom. The number of carboxylic acids is 1. The van der Waals surface area contributed by atoms with Gasteiger partial charge in [0.15, 0.2) is 5.69 Å². The first-order valence-electron chi connectivity index (χ1n) is 5.50. The number of hydrogen-bond donors (Lipinski definition) is 2. The molecule has 6 heteroatoms. The number of ketones is 1. The summed E-state index contributed by atoms with van der Waals surface area (Å²) in [7, 11) is 0. The molecule has 0 amide bonds. The lowest BCUT2D eigenvalue weighted by molar-refractivity contribution is 0.0687. The van der Waals surface area contributed by atoms with Crippen LogP contribution in [0, 0.1) is 19.7 Å². The maximum atomic E-state index is 13.2. The van der Waals surface area contributed by atoms with Gasteiger partial charge < -0.3 is 10.1 Å². The predicted molar refractivity (Wildman–Crippen MR) is 64.9 cm³/mol. The Bertz CT molecular complexity index is 653. The van der Waals surface area contributed by atoms with Crippen LogP contribution in [0.15, 0.2) is 18.5 Å². The molecule has 0 aliphatic heterocycles. The van der Waals surface area contributed by atoms with Crippen LogP contribution in [0.1, 0.15) is 37.7 Å². The van der Waals surface area contributed by atoms with E-state index in [4.69, 9.17) is 5.11 Å². The zero-order valence-electron chi connectivity index (χ0n) is 10.3. The van der Waals surface area contributed by atoms with E-state index < -0.39 is 17.6 Å². The fourth-order valence-electron chi connectivity index (χ4n) is 2.02. The van der Waals surface area contributed by atoms with Crippen molar-refractivity contribution in [1.29, 1.82) is 0 Å². The van der Waals surface area contributed by atoms with Gasteiger partial charge in [0.05, 0.1) is 6.33 Å². The molecule has 1 aromatic heterocycles. The van der Waals surface area contributed by atoms with Gasteiger partial charge in [-0.15, -0.1) is 0 Å². The molecule has 2 N–H and O–H groups in total. The molecule has 0 aliphatic carbocycles. The van der Waals surface area contributed by atoms with Crippen molar-refractivity contribution < 1.29 is 19.1 Å². The van der Waals surface area contributed by atoms with Gasteiger partial charge in [0.25, 0.3) is 0 Å². The number of aromatic amines is 1. The molecular formula is C13H11FN2O3. The summed E-state index contributed by atoms with van der Waals surface area (Å²) in [4.78, 5) is 29.4. The monoisotopic (exact) mass is 262 g/mol. The van der Waals surface area contributed by atoms with Gasteiger partial charge in [-0.3, -0.25) is 4.79 Å². The fourth-order valence-corrected chi connectivity index (χ4v) is 2.02. The summed E-state index contributed by atoms with van der Waals surface area (Å²) in [5.41, 5.74) is 0.720. The topological polar surface area (TPSA) is 83.0 Å². The highest BCUT2D eigenvalue weighted by Crippen LogP contribution is 2.20. The summed E-state index contributed by atoms with van der Waals surface area (Å²) < 4.78 is 13.2. The van der Waals surface area contributed by atoms with Gasteiger partial charge in [-0.1, -0.05) is 0 Å². The number of carboxylic acid groups (broad SMARTS) is 1. The number of imidazole rings is 1. The molecule has 5 nitrogen and oxygen atoms in total. The number of halogens is 1. The van der Waals surface area contributed by atoms with Gasteiger partial charge in [-0.05, 0) is 37.1 Å². The highest BCUT2D eigenvalue weighted by Gasteiger charge is 2.23. The third-order valence-electron chi connectivity index (χ3n) is 2.79. The van der Waals surface area contributed by atoms with Gasteiger partial charge >= 0.3 is 5.97 Å². The number of H-pyrrole nitrogens is 1. The van der Waals surface area contributed by atoms with Crippen LogP contribution in [0.5, 0.6) is 0 Å². The first-order valence-corrected chi connectivity index (χ1v) is 5.50. The quantitative estimate of drug-likeness (QED) is 0.830. The van der Waals surface area contributed by atoms with Crippen LogP contribution < -0.4 is 0 Å². The maximum absolute atomic E-state index is 13.2. The van der Waals surface area contributed by atoms with E-state index in [0.717, 1.165) is 6.33 Å². The zero-order valence-corrected chi connectivity index (χ0v) is 10.3. The Morgan fingerprint density at radius 2 is 1.84 bits per heavy atom. The summed E-state index contributed by atoms with van der Waals surface area (Å²) in [5, 5.41) is 8.95. The fraction of sp³-hybridized carbons (Fsp3) is 0.154. The van der Waals surface area contributed by atoms with Crippen molar-refractivity contribution in [2.24, 2.45) is 0 Å². The molecule has 0 saturated carbocycles. The van der Waals surface area contributed by atoms with Crippen molar-refractivity contribution in [3.8, 4) is 0 Å². The molecule has 1 heterocycles. The molecule has 0 saturated heterocycles. The van der Waals surface area contributed by atoms with E-state index in [1.807, 2.05) is 0 Å². The van der Waals surface area contributed by atoms with Crippen LogP contribution in [0.4, 0.5) is 4.39 Å². The van der Waals surface area contributed by atoms with E-state index in [9.17, 15) is 14.0 Å². The van der Waals surface area contributed by atoms with E-state index in [0.29, 0.717) is 11.1 Å². The number of aryl methyl sites for hydroxylation is 2. The molecule has 19 heavy (non-hydrogen) atoms. The van der Waals surface area contributed by atoms with Gasteiger partial charge in [-0.2, -0.15) is 0 Å². The number of carbonyl (C=O) groups is 2. The van der Waals surface area contributed by atoms with E-state index in [-0.39, 0.29) is 17.0 Å². The largest absolute Gasteiger partial charge is 0.477 e. The standard InChI is InChI=1S/C13H11FN2O3/c1-6-3-8(14)4-7(2)9(6)12(17)10-11(13(18)19)16-5-15-10/h3-5H,1-2H3,(H,15,16)(H,18,19). The van der Waals surface area contributed by atoms with Crippen LogP contribution >= 0.6 is 0 Å². The molecule has 2 aromatic rings. The number of aromatic nitrogens is 2. The molecule has 1 aromatic carbocycles. The lowest BCUT2D eigenvalue weighted by Crippen LogP contribution is -2.12. The second-order valence-corrected chi connectivity index (χ2v) is 4.18. The maximum Gasteiger partial charge on any atom is 0.354 e. The highest BCUT2D eigenvalue weighted by atomic mass is 19.1. The van der Waals surface area contributed by atoms with Crippen molar-refractivity contribution in [3.63, 3.8) is 0 Å². The summed E-state index contributed by atoms with van der Waals surface area (Å²) in [5.74, 6) is -2.24. The summed E-state index contributed by atoms with van der Waals surface area (Å²) in [6.07, 6.45) is 1.14. The van der Waals surface area contributed by atoms with Crippen molar-refractivity contribution in [2.45, 2.75) is 13.8 Å². The molecule has 0 radical (unpaired) electrons. The third kappa shape index (κ3) is 2.24. The van der Waals surface area contributed by atoms with E-state index in [2.05, 4.69) is 9.97 Å². The Kier molecular flexibility index (Phi) is 3.16. The number of nitrogens with zero attached hydrogens (tertiary/aromatic N) is 1. The normalized spacial score (nSPS) is 10.5. The lowest BCUT2D eigenvalue weighted by atomic mass is 9.96. The molecule has 0 unspecified atom stereocenters. The van der Waals surface area contributed by atoms with Crippen molar-refractivity contribution in [2.75, 3.05) is 0 Å². The molecule has 0 fully saturated rings. The SMILES string of the molecule is Cc1cc(F)cc(C)c1C(=O)c1nc[nH]c1C(=O)O. The van der Waals surface area contributed by atoms with Crippen LogP contribution in [0.3, 0.4) is 0 Å². The van der Waals surface area contributed by atoms with Crippen LogP contribution in [-0.2, 0) is 0 Å². The van der Waals surface area contributed by atoms with Gasteiger partial charge in [0.2, 0.25) is 5.78 Å². The van der Waals surface area contributed by atoms with Gasteiger partial charge in [0, 0.05) is 5.56 Å². The van der Waals surface area contributed by atoms with Gasteiger partial charge in [-0.25, -0.2) is 14.2 Å². The average molecular weight is 262 g/mol. The Balaban J connectivity index is 2.57.